The second-order valence-corrected chi connectivity index (χ2v) is 3.46. The molecule has 2 aromatic rings. The SMILES string of the molecule is COC(=O)c1cc(N)c2ccccc2c1N. The summed E-state index contributed by atoms with van der Waals surface area (Å²) >= 11 is 0. The van der Waals surface area contributed by atoms with E-state index < -0.39 is 5.97 Å². The van der Waals surface area contributed by atoms with Crippen LogP contribution in [0.15, 0.2) is 30.3 Å². The second-order valence-electron chi connectivity index (χ2n) is 3.46. The maximum Gasteiger partial charge on any atom is 0.340 e. The number of nitrogen functional groups attached to an aromatic ring is 2. The van der Waals surface area contributed by atoms with Gasteiger partial charge in [0.2, 0.25) is 0 Å². The number of carbonyl (C=O) groups excluding carboxylic acids is 1. The Labute approximate surface area is 92.8 Å². The third-order valence-electron chi connectivity index (χ3n) is 2.52. The Morgan fingerprint density at radius 3 is 2.44 bits per heavy atom. The zero-order valence-electron chi connectivity index (χ0n) is 8.86. The molecule has 0 radical (unpaired) electrons. The first-order chi connectivity index (χ1) is 7.65. The van der Waals surface area contributed by atoms with E-state index in [9.17, 15) is 4.79 Å². The zero-order chi connectivity index (χ0) is 11.7. The molecule has 4 heteroatoms. The van der Waals surface area contributed by atoms with Gasteiger partial charge in [0, 0.05) is 16.5 Å². The number of rotatable bonds is 1. The van der Waals surface area contributed by atoms with Gasteiger partial charge in [-0.15, -0.1) is 0 Å². The summed E-state index contributed by atoms with van der Waals surface area (Å²) in [6.07, 6.45) is 0. The van der Waals surface area contributed by atoms with Crippen LogP contribution < -0.4 is 11.5 Å². The van der Waals surface area contributed by atoms with E-state index in [0.717, 1.165) is 10.8 Å². The van der Waals surface area contributed by atoms with E-state index in [1.807, 2.05) is 24.3 Å². The highest BCUT2D eigenvalue weighted by atomic mass is 16.5. The fourth-order valence-corrected chi connectivity index (χ4v) is 1.70. The van der Waals surface area contributed by atoms with Gasteiger partial charge in [0.05, 0.1) is 18.4 Å². The van der Waals surface area contributed by atoms with Crippen LogP contribution in [0.1, 0.15) is 10.4 Å². The van der Waals surface area contributed by atoms with Crippen LogP contribution in [0.25, 0.3) is 10.8 Å². The van der Waals surface area contributed by atoms with Crippen molar-refractivity contribution in [3.05, 3.63) is 35.9 Å². The molecule has 0 spiro atoms. The number of esters is 1. The first-order valence-electron chi connectivity index (χ1n) is 4.80. The van der Waals surface area contributed by atoms with E-state index in [1.54, 1.807) is 6.07 Å². The molecule has 0 aliphatic carbocycles. The Morgan fingerprint density at radius 2 is 1.81 bits per heavy atom. The summed E-state index contributed by atoms with van der Waals surface area (Å²) in [6, 6.07) is 8.95. The van der Waals surface area contributed by atoms with Crippen molar-refractivity contribution in [2.75, 3.05) is 18.6 Å². The minimum atomic E-state index is -0.477. The third kappa shape index (κ3) is 1.44. The number of nitrogens with two attached hydrogens (primary N) is 2. The summed E-state index contributed by atoms with van der Waals surface area (Å²) < 4.78 is 4.65. The molecule has 0 aromatic heterocycles. The molecule has 0 saturated heterocycles. The molecular weight excluding hydrogens is 204 g/mol. The van der Waals surface area contributed by atoms with Crippen LogP contribution in [0, 0.1) is 0 Å². The zero-order valence-corrected chi connectivity index (χ0v) is 8.86. The number of methoxy groups -OCH3 is 1. The second kappa shape index (κ2) is 3.73. The van der Waals surface area contributed by atoms with E-state index in [4.69, 9.17) is 11.5 Å². The van der Waals surface area contributed by atoms with Crippen LogP contribution in [-0.2, 0) is 4.74 Å². The van der Waals surface area contributed by atoms with Crippen molar-refractivity contribution in [1.29, 1.82) is 0 Å². The molecule has 2 aromatic carbocycles. The van der Waals surface area contributed by atoms with Gasteiger partial charge in [-0.2, -0.15) is 0 Å². The maximum absolute atomic E-state index is 11.5. The van der Waals surface area contributed by atoms with Gasteiger partial charge in [-0.25, -0.2) is 4.79 Å². The molecule has 0 aliphatic heterocycles. The smallest absolute Gasteiger partial charge is 0.340 e. The molecule has 0 atom stereocenters. The molecule has 4 nitrogen and oxygen atoms in total. The lowest BCUT2D eigenvalue weighted by Gasteiger charge is -2.09. The quantitative estimate of drug-likeness (QED) is 0.562. The summed E-state index contributed by atoms with van der Waals surface area (Å²) in [5, 5.41) is 1.61. The molecule has 0 heterocycles. The van der Waals surface area contributed by atoms with E-state index in [2.05, 4.69) is 4.74 Å². The number of benzene rings is 2. The maximum atomic E-state index is 11.5. The lowest BCUT2D eigenvalue weighted by molar-refractivity contribution is 0.0602. The van der Waals surface area contributed by atoms with Crippen molar-refractivity contribution in [3.63, 3.8) is 0 Å². The van der Waals surface area contributed by atoms with Crippen LogP contribution in [0.3, 0.4) is 0 Å². The van der Waals surface area contributed by atoms with E-state index in [-0.39, 0.29) is 0 Å². The summed E-state index contributed by atoms with van der Waals surface area (Å²) in [7, 11) is 1.31. The Bertz CT molecular complexity index is 564. The van der Waals surface area contributed by atoms with Crippen molar-refractivity contribution in [2.24, 2.45) is 0 Å². The number of hydrogen-bond donors (Lipinski definition) is 2. The highest BCUT2D eigenvalue weighted by Crippen LogP contribution is 2.30. The highest BCUT2D eigenvalue weighted by molar-refractivity contribution is 6.09. The summed E-state index contributed by atoms with van der Waals surface area (Å²) in [5.41, 5.74) is 13.0. The van der Waals surface area contributed by atoms with Crippen LogP contribution in [0.2, 0.25) is 0 Å². The first-order valence-corrected chi connectivity index (χ1v) is 4.80. The van der Waals surface area contributed by atoms with Crippen molar-refractivity contribution < 1.29 is 9.53 Å². The molecule has 0 unspecified atom stereocenters. The molecular formula is C12H12N2O2. The molecule has 16 heavy (non-hydrogen) atoms. The Kier molecular flexibility index (Phi) is 2.40. The predicted octanol–water partition coefficient (Wildman–Crippen LogP) is 1.79. The minimum Gasteiger partial charge on any atom is -0.465 e. The predicted molar refractivity (Wildman–Crippen MR) is 64.1 cm³/mol. The van der Waals surface area contributed by atoms with Crippen molar-refractivity contribution in [1.82, 2.24) is 0 Å². The van der Waals surface area contributed by atoms with Gasteiger partial charge in [0.15, 0.2) is 0 Å². The number of ether oxygens (including phenoxy) is 1. The van der Waals surface area contributed by atoms with E-state index in [0.29, 0.717) is 16.9 Å². The van der Waals surface area contributed by atoms with Gasteiger partial charge in [-0.05, 0) is 6.07 Å². The number of fused-ring (bicyclic) bond motifs is 1. The molecule has 0 amide bonds. The van der Waals surface area contributed by atoms with Gasteiger partial charge >= 0.3 is 5.97 Å². The number of carbonyl (C=O) groups is 1. The van der Waals surface area contributed by atoms with Gasteiger partial charge in [-0.3, -0.25) is 0 Å². The van der Waals surface area contributed by atoms with Crippen molar-refractivity contribution in [3.8, 4) is 0 Å². The molecule has 4 N–H and O–H groups in total. The van der Waals surface area contributed by atoms with Gasteiger partial charge in [0.1, 0.15) is 0 Å². The average Bonchev–Trinajstić information content (AvgIpc) is 2.33. The fraction of sp³-hybridized carbons (Fsp3) is 0.0833. The standard InChI is InChI=1S/C12H12N2O2/c1-16-12(15)9-6-10(13)7-4-2-3-5-8(7)11(9)14/h2-6H,13-14H2,1H3. The Balaban J connectivity index is 2.80. The van der Waals surface area contributed by atoms with Crippen molar-refractivity contribution in [2.45, 2.75) is 0 Å². The largest absolute Gasteiger partial charge is 0.465 e. The lowest BCUT2D eigenvalue weighted by Crippen LogP contribution is -2.07. The van der Waals surface area contributed by atoms with Crippen LogP contribution in [0.4, 0.5) is 11.4 Å². The summed E-state index contributed by atoms with van der Waals surface area (Å²) in [4.78, 5) is 11.5. The molecule has 82 valence electrons. The Hall–Kier alpha value is -2.23. The first kappa shape index (κ1) is 10.3. The normalized spacial score (nSPS) is 10.3. The minimum absolute atomic E-state index is 0.304. The van der Waals surface area contributed by atoms with E-state index >= 15 is 0 Å². The van der Waals surface area contributed by atoms with Gasteiger partial charge in [-0.1, -0.05) is 24.3 Å². The van der Waals surface area contributed by atoms with Gasteiger partial charge < -0.3 is 16.2 Å². The molecule has 0 saturated carbocycles. The average molecular weight is 216 g/mol. The number of hydrogen-bond acceptors (Lipinski definition) is 4. The lowest BCUT2D eigenvalue weighted by atomic mass is 10.0. The van der Waals surface area contributed by atoms with Crippen LogP contribution in [0.5, 0.6) is 0 Å². The Morgan fingerprint density at radius 1 is 1.19 bits per heavy atom. The number of anilines is 2. The summed E-state index contributed by atoms with van der Waals surface area (Å²) in [5.74, 6) is -0.477. The van der Waals surface area contributed by atoms with E-state index in [1.165, 1.54) is 7.11 Å². The molecule has 0 fully saturated rings. The molecule has 0 aliphatic rings. The third-order valence-corrected chi connectivity index (χ3v) is 2.52. The topological polar surface area (TPSA) is 78.3 Å². The van der Waals surface area contributed by atoms with Crippen LogP contribution in [-0.4, -0.2) is 13.1 Å². The summed E-state index contributed by atoms with van der Waals surface area (Å²) in [6.45, 7) is 0. The molecule has 2 rings (SSSR count). The molecule has 0 bridgehead atoms. The monoisotopic (exact) mass is 216 g/mol. The fourth-order valence-electron chi connectivity index (χ4n) is 1.70. The highest BCUT2D eigenvalue weighted by Gasteiger charge is 2.14. The van der Waals surface area contributed by atoms with Crippen molar-refractivity contribution >= 4 is 28.1 Å². The van der Waals surface area contributed by atoms with Gasteiger partial charge in [0.25, 0.3) is 0 Å². The van der Waals surface area contributed by atoms with Crippen LogP contribution >= 0.6 is 0 Å².